The van der Waals surface area contributed by atoms with Gasteiger partial charge in [-0.05, 0) is 74.9 Å². The van der Waals surface area contributed by atoms with E-state index in [4.69, 9.17) is 4.74 Å². The first-order valence-electron chi connectivity index (χ1n) is 9.36. The van der Waals surface area contributed by atoms with Crippen LogP contribution in [-0.4, -0.2) is 10.8 Å². The summed E-state index contributed by atoms with van der Waals surface area (Å²) in [4.78, 5) is 1.20. The van der Waals surface area contributed by atoms with Crippen LogP contribution in [0.1, 0.15) is 11.1 Å². The maximum absolute atomic E-state index is 12.9. The summed E-state index contributed by atoms with van der Waals surface area (Å²) in [5.41, 5.74) is 2.12. The molecule has 7 heteroatoms. The minimum Gasteiger partial charge on any atom is -0.447 e. The molecule has 3 aromatic carbocycles. The molecule has 4 nitrogen and oxygen atoms in total. The maximum atomic E-state index is 12.9. The number of aryl methyl sites for hydroxylation is 1. The van der Waals surface area contributed by atoms with E-state index in [0.717, 1.165) is 21.9 Å². The highest BCUT2D eigenvalue weighted by Crippen LogP contribution is 2.35. The smallest absolute Gasteiger partial charge is 0.334 e. The van der Waals surface area contributed by atoms with Gasteiger partial charge in [-0.3, -0.25) is 0 Å². The molecule has 2 N–H and O–H groups in total. The maximum Gasteiger partial charge on any atom is 0.334 e. The lowest BCUT2D eigenvalue weighted by Crippen LogP contribution is -2.28. The van der Waals surface area contributed by atoms with Gasteiger partial charge in [-0.15, -0.1) is 11.8 Å². The zero-order valence-corrected chi connectivity index (χ0v) is 19.1. The summed E-state index contributed by atoms with van der Waals surface area (Å²) >= 11 is 2.86. The summed E-state index contributed by atoms with van der Waals surface area (Å²) in [5.74, 6) is 0.715. The number of rotatable bonds is 7. The largest absolute Gasteiger partial charge is 0.447 e. The van der Waals surface area contributed by atoms with Crippen LogP contribution >= 0.6 is 23.1 Å². The lowest BCUT2D eigenvalue weighted by Gasteiger charge is -2.08. The number of thioether (sulfide) groups is 1. The van der Waals surface area contributed by atoms with Crippen molar-refractivity contribution in [1.82, 2.24) is 4.72 Å². The quantitative estimate of drug-likeness (QED) is 0.238. The minimum absolute atomic E-state index is 0.292. The van der Waals surface area contributed by atoms with Crippen molar-refractivity contribution in [2.75, 3.05) is 6.26 Å². The van der Waals surface area contributed by atoms with Gasteiger partial charge in [-0.1, -0.05) is 47.2 Å². The van der Waals surface area contributed by atoms with Gasteiger partial charge in [0.05, 0.1) is 6.54 Å². The third-order valence-corrected chi connectivity index (χ3v) is 8.55. The second-order valence-corrected chi connectivity index (χ2v) is 10.7. The molecule has 30 heavy (non-hydrogen) atoms. The molecule has 4 aromatic rings. The van der Waals surface area contributed by atoms with E-state index >= 15 is 0 Å². The molecule has 0 aliphatic carbocycles. The molecule has 154 valence electrons. The van der Waals surface area contributed by atoms with Crippen molar-refractivity contribution < 1.29 is 13.5 Å². The molecule has 0 bridgehead atoms. The molecule has 0 saturated carbocycles. The van der Waals surface area contributed by atoms with E-state index in [-0.39, 0.29) is 0 Å². The van der Waals surface area contributed by atoms with E-state index < -0.39 is 10.4 Å². The highest BCUT2D eigenvalue weighted by atomic mass is 32.3. The fraction of sp³-hybridized carbons (Fsp3) is 0.130. The van der Waals surface area contributed by atoms with Crippen molar-refractivity contribution in [3.05, 3.63) is 83.9 Å². The molecule has 1 aromatic heterocycles. The van der Waals surface area contributed by atoms with Crippen molar-refractivity contribution >= 4 is 44.3 Å². The van der Waals surface area contributed by atoms with Gasteiger partial charge in [-0.2, -0.15) is 4.55 Å². The summed E-state index contributed by atoms with van der Waals surface area (Å²) in [6.45, 7) is 2.33. The fourth-order valence-electron chi connectivity index (χ4n) is 3.23. The number of nitrogens with one attached hydrogen (secondary N) is 1. The van der Waals surface area contributed by atoms with E-state index in [1.54, 1.807) is 23.9 Å². The van der Waals surface area contributed by atoms with Gasteiger partial charge in [0.1, 0.15) is 5.75 Å². The Kier molecular flexibility index (Phi) is 6.26. The standard InChI is InChI=1S/C23H21NO3S3/c1-16-14-19(10-11-21(16)28-2)27-22-12-13-23(29-22)30(25,26)24-15-18-8-5-7-17-6-3-4-9-20(17)18/h3-14H,15H2,1-2H3,(H-,24,25,26)/p+1. The third kappa shape index (κ3) is 4.61. The third-order valence-electron chi connectivity index (χ3n) is 4.75. The average molecular weight is 457 g/mol. The number of hydrogen-bond donors (Lipinski definition) is 2. The van der Waals surface area contributed by atoms with E-state index in [1.165, 1.54) is 16.2 Å². The van der Waals surface area contributed by atoms with Crippen LogP contribution in [0.15, 0.2) is 81.9 Å². The Morgan fingerprint density at radius 3 is 2.67 bits per heavy atom. The Hall–Kier alpha value is -2.16. The van der Waals surface area contributed by atoms with E-state index in [9.17, 15) is 8.76 Å². The average Bonchev–Trinajstić information content (AvgIpc) is 3.22. The number of fused-ring (bicyclic) bond motifs is 1. The van der Waals surface area contributed by atoms with Crippen molar-refractivity contribution in [2.24, 2.45) is 0 Å². The second kappa shape index (κ2) is 8.91. The predicted molar refractivity (Wildman–Crippen MR) is 127 cm³/mol. The summed E-state index contributed by atoms with van der Waals surface area (Å²) < 4.78 is 32.5. The zero-order chi connectivity index (χ0) is 21.1. The highest BCUT2D eigenvalue weighted by molar-refractivity contribution is 7.98. The molecule has 0 amide bonds. The first kappa shape index (κ1) is 21.1. The summed E-state index contributed by atoms with van der Waals surface area (Å²) in [5, 5.41) is 2.76. The molecule has 0 fully saturated rings. The van der Waals surface area contributed by atoms with Gasteiger partial charge in [-0.25, -0.2) is 0 Å². The molecule has 0 aliphatic heterocycles. The number of benzene rings is 3. The van der Waals surface area contributed by atoms with Crippen LogP contribution in [-0.2, 0) is 21.2 Å². The molecule has 0 radical (unpaired) electrons. The molecular formula is C23H22NO3S3+. The molecule has 1 atom stereocenters. The predicted octanol–water partition coefficient (Wildman–Crippen LogP) is 6.76. The van der Waals surface area contributed by atoms with Crippen LogP contribution in [0.5, 0.6) is 10.8 Å². The number of ether oxygens (including phenoxy) is 1. The normalized spacial score (nSPS) is 13.3. The topological polar surface area (TPSA) is 58.6 Å². The van der Waals surface area contributed by atoms with Crippen LogP contribution in [0.25, 0.3) is 10.8 Å². The molecule has 1 unspecified atom stereocenters. The van der Waals surface area contributed by atoms with Gasteiger partial charge < -0.3 is 4.74 Å². The number of hydrogen-bond acceptors (Lipinski definition) is 4. The van der Waals surface area contributed by atoms with Crippen LogP contribution in [0.4, 0.5) is 0 Å². The lowest BCUT2D eigenvalue weighted by atomic mass is 10.1. The first-order valence-corrected chi connectivity index (χ1v) is 12.9. The van der Waals surface area contributed by atoms with Crippen LogP contribution in [0.3, 0.4) is 0 Å². The summed E-state index contributed by atoms with van der Waals surface area (Å²) in [6, 6.07) is 23.2. The molecular weight excluding hydrogens is 434 g/mol. The Morgan fingerprint density at radius 2 is 1.87 bits per heavy atom. The number of thiophene rings is 1. The Morgan fingerprint density at radius 1 is 1.07 bits per heavy atom. The second-order valence-electron chi connectivity index (χ2n) is 6.79. The van der Waals surface area contributed by atoms with Crippen molar-refractivity contribution in [3.8, 4) is 10.8 Å². The zero-order valence-electron chi connectivity index (χ0n) is 16.6. The van der Waals surface area contributed by atoms with Crippen LogP contribution in [0.2, 0.25) is 0 Å². The lowest BCUT2D eigenvalue weighted by molar-refractivity contribution is 0.485. The van der Waals surface area contributed by atoms with Gasteiger partial charge in [0.2, 0.25) is 0 Å². The molecule has 0 spiro atoms. The highest BCUT2D eigenvalue weighted by Gasteiger charge is 2.32. The van der Waals surface area contributed by atoms with Gasteiger partial charge in [0.15, 0.2) is 5.06 Å². The summed E-state index contributed by atoms with van der Waals surface area (Å²) in [7, 11) is -3.38. The van der Waals surface area contributed by atoms with Crippen molar-refractivity contribution in [2.45, 2.75) is 22.6 Å². The monoisotopic (exact) mass is 456 g/mol. The fourth-order valence-corrected chi connectivity index (χ4v) is 6.05. The summed E-state index contributed by atoms with van der Waals surface area (Å²) in [6.07, 6.45) is 2.04. The van der Waals surface area contributed by atoms with Gasteiger partial charge in [0, 0.05) is 11.0 Å². The molecule has 0 saturated heterocycles. The SMILES string of the molecule is CSc1ccc(Oc2ccc([S+](=O)(O)NCc3cccc4ccccc34)s2)cc1C. The molecule has 0 aliphatic rings. The Balaban J connectivity index is 1.48. The molecule has 1 heterocycles. The first-order chi connectivity index (χ1) is 14.5. The van der Waals surface area contributed by atoms with Gasteiger partial charge >= 0.3 is 10.4 Å². The van der Waals surface area contributed by atoms with E-state index in [0.29, 0.717) is 21.6 Å². The van der Waals surface area contributed by atoms with Crippen molar-refractivity contribution in [1.29, 1.82) is 0 Å². The van der Waals surface area contributed by atoms with E-state index in [1.807, 2.05) is 73.8 Å². The van der Waals surface area contributed by atoms with Crippen molar-refractivity contribution in [3.63, 3.8) is 0 Å². The Labute approximate surface area is 185 Å². The van der Waals surface area contributed by atoms with Gasteiger partial charge in [0.25, 0.3) is 4.21 Å². The minimum atomic E-state index is -3.38. The Bertz CT molecular complexity index is 1230. The van der Waals surface area contributed by atoms with E-state index in [2.05, 4.69) is 4.72 Å². The van der Waals surface area contributed by atoms with Crippen LogP contribution in [0, 0.1) is 6.92 Å². The molecule has 4 rings (SSSR count). The van der Waals surface area contributed by atoms with Crippen LogP contribution < -0.4 is 9.46 Å².